The van der Waals surface area contributed by atoms with Gasteiger partial charge in [0, 0.05) is 5.39 Å². The highest BCUT2D eigenvalue weighted by molar-refractivity contribution is 5.78. The Kier molecular flexibility index (Phi) is 3.99. The Balaban J connectivity index is 2.13. The van der Waals surface area contributed by atoms with Crippen LogP contribution in [0, 0.1) is 0 Å². The molecule has 0 aliphatic heterocycles. The lowest BCUT2D eigenvalue weighted by atomic mass is 10.2. The summed E-state index contributed by atoms with van der Waals surface area (Å²) in [6.07, 6.45) is -0.586. The highest BCUT2D eigenvalue weighted by Crippen LogP contribution is 2.23. The largest absolute Gasteiger partial charge is 0.459 e. The molecule has 108 valence electrons. The SMILES string of the molecule is CC(C)(C)OC(=O)NC(CO)c1cc2ccccc2o1. The fourth-order valence-corrected chi connectivity index (χ4v) is 1.83. The highest BCUT2D eigenvalue weighted by Gasteiger charge is 2.22. The lowest BCUT2D eigenvalue weighted by Gasteiger charge is -2.21. The van der Waals surface area contributed by atoms with E-state index >= 15 is 0 Å². The second kappa shape index (κ2) is 5.54. The molecule has 0 saturated carbocycles. The second-order valence-electron chi connectivity index (χ2n) is 5.57. The van der Waals surface area contributed by atoms with Crippen LogP contribution in [0.4, 0.5) is 4.79 Å². The smallest absolute Gasteiger partial charge is 0.408 e. The number of aliphatic hydroxyl groups is 1. The van der Waals surface area contributed by atoms with E-state index in [0.29, 0.717) is 11.3 Å². The van der Waals surface area contributed by atoms with Crippen LogP contribution in [0.25, 0.3) is 11.0 Å². The number of amides is 1. The van der Waals surface area contributed by atoms with Crippen LogP contribution in [0.15, 0.2) is 34.7 Å². The average molecular weight is 277 g/mol. The summed E-state index contributed by atoms with van der Waals surface area (Å²) in [7, 11) is 0. The number of rotatable bonds is 3. The number of aliphatic hydroxyl groups excluding tert-OH is 1. The Bertz CT molecular complexity index is 564. The Labute approximate surface area is 117 Å². The molecule has 5 nitrogen and oxygen atoms in total. The molecule has 1 aromatic carbocycles. The molecule has 20 heavy (non-hydrogen) atoms. The van der Waals surface area contributed by atoms with Crippen molar-refractivity contribution >= 4 is 17.1 Å². The summed E-state index contributed by atoms with van der Waals surface area (Å²) in [5.74, 6) is 0.500. The van der Waals surface area contributed by atoms with Gasteiger partial charge >= 0.3 is 6.09 Å². The van der Waals surface area contributed by atoms with Gasteiger partial charge in [0.25, 0.3) is 0 Å². The van der Waals surface area contributed by atoms with Crippen LogP contribution < -0.4 is 5.32 Å². The van der Waals surface area contributed by atoms with E-state index in [1.165, 1.54) is 0 Å². The summed E-state index contributed by atoms with van der Waals surface area (Å²) in [4.78, 5) is 11.7. The molecule has 2 aromatic rings. The number of fused-ring (bicyclic) bond motifs is 1. The predicted octanol–water partition coefficient (Wildman–Crippen LogP) is 2.99. The number of nitrogens with one attached hydrogen (secondary N) is 1. The molecule has 0 spiro atoms. The molecule has 0 aliphatic carbocycles. The van der Waals surface area contributed by atoms with Crippen molar-refractivity contribution < 1.29 is 19.1 Å². The molecular weight excluding hydrogens is 258 g/mol. The van der Waals surface area contributed by atoms with Crippen LogP contribution >= 0.6 is 0 Å². The number of ether oxygens (including phenoxy) is 1. The van der Waals surface area contributed by atoms with Gasteiger partial charge in [-0.25, -0.2) is 4.79 Å². The molecule has 1 amide bonds. The molecule has 0 saturated heterocycles. The molecule has 0 bridgehead atoms. The van der Waals surface area contributed by atoms with E-state index in [4.69, 9.17) is 9.15 Å². The third kappa shape index (κ3) is 3.51. The summed E-state index contributed by atoms with van der Waals surface area (Å²) < 4.78 is 10.8. The van der Waals surface area contributed by atoms with Crippen molar-refractivity contribution in [2.24, 2.45) is 0 Å². The molecule has 5 heteroatoms. The van der Waals surface area contributed by atoms with Gasteiger partial charge in [0.1, 0.15) is 23.0 Å². The van der Waals surface area contributed by atoms with Crippen molar-refractivity contribution in [1.29, 1.82) is 0 Å². The van der Waals surface area contributed by atoms with Crippen LogP contribution in [-0.4, -0.2) is 23.4 Å². The molecule has 0 aliphatic rings. The van der Waals surface area contributed by atoms with E-state index in [1.54, 1.807) is 26.8 Å². The van der Waals surface area contributed by atoms with Crippen LogP contribution in [0.3, 0.4) is 0 Å². The van der Waals surface area contributed by atoms with Gasteiger partial charge in [-0.1, -0.05) is 18.2 Å². The Hall–Kier alpha value is -2.01. The van der Waals surface area contributed by atoms with Crippen molar-refractivity contribution in [3.05, 3.63) is 36.1 Å². The van der Waals surface area contributed by atoms with E-state index in [0.717, 1.165) is 5.39 Å². The maximum absolute atomic E-state index is 11.7. The topological polar surface area (TPSA) is 71.7 Å². The van der Waals surface area contributed by atoms with Crippen molar-refractivity contribution in [3.63, 3.8) is 0 Å². The summed E-state index contributed by atoms with van der Waals surface area (Å²) in [5, 5.41) is 12.9. The van der Waals surface area contributed by atoms with Gasteiger partial charge in [0.2, 0.25) is 0 Å². The van der Waals surface area contributed by atoms with Gasteiger partial charge in [0.05, 0.1) is 6.61 Å². The van der Waals surface area contributed by atoms with Crippen molar-refractivity contribution in [2.45, 2.75) is 32.4 Å². The maximum atomic E-state index is 11.7. The van der Waals surface area contributed by atoms with Crippen LogP contribution in [0.5, 0.6) is 0 Å². The van der Waals surface area contributed by atoms with E-state index in [-0.39, 0.29) is 6.61 Å². The molecule has 1 heterocycles. The minimum atomic E-state index is -0.628. The number of para-hydroxylation sites is 1. The normalized spacial score (nSPS) is 13.2. The first-order valence-corrected chi connectivity index (χ1v) is 6.48. The number of carbonyl (C=O) groups is 1. The van der Waals surface area contributed by atoms with Crippen molar-refractivity contribution in [2.75, 3.05) is 6.61 Å². The van der Waals surface area contributed by atoms with E-state index < -0.39 is 17.7 Å². The van der Waals surface area contributed by atoms with Gasteiger partial charge in [-0.3, -0.25) is 0 Å². The van der Waals surface area contributed by atoms with Crippen LogP contribution in [0.1, 0.15) is 32.6 Å². The second-order valence-corrected chi connectivity index (χ2v) is 5.57. The molecule has 1 atom stereocenters. The monoisotopic (exact) mass is 277 g/mol. The number of benzene rings is 1. The zero-order valence-corrected chi connectivity index (χ0v) is 11.8. The van der Waals surface area contributed by atoms with Crippen molar-refractivity contribution in [1.82, 2.24) is 5.32 Å². The maximum Gasteiger partial charge on any atom is 0.408 e. The highest BCUT2D eigenvalue weighted by atomic mass is 16.6. The molecule has 2 N–H and O–H groups in total. The first kappa shape index (κ1) is 14.4. The first-order valence-electron chi connectivity index (χ1n) is 6.48. The molecule has 2 rings (SSSR count). The summed E-state index contributed by atoms with van der Waals surface area (Å²) in [6.45, 7) is 5.07. The minimum absolute atomic E-state index is 0.265. The molecule has 1 unspecified atom stereocenters. The zero-order valence-electron chi connectivity index (χ0n) is 11.8. The number of furan rings is 1. The van der Waals surface area contributed by atoms with E-state index in [1.807, 2.05) is 24.3 Å². The zero-order chi connectivity index (χ0) is 14.8. The number of alkyl carbamates (subject to hydrolysis) is 1. The lowest BCUT2D eigenvalue weighted by molar-refractivity contribution is 0.0473. The third-order valence-electron chi connectivity index (χ3n) is 2.66. The fraction of sp³-hybridized carbons (Fsp3) is 0.400. The molecule has 0 radical (unpaired) electrons. The first-order chi connectivity index (χ1) is 9.39. The van der Waals surface area contributed by atoms with Crippen LogP contribution in [0.2, 0.25) is 0 Å². The summed E-state index contributed by atoms with van der Waals surface area (Å²) in [5.41, 5.74) is 0.129. The quantitative estimate of drug-likeness (QED) is 0.904. The van der Waals surface area contributed by atoms with E-state index in [2.05, 4.69) is 5.32 Å². The van der Waals surface area contributed by atoms with Crippen LogP contribution in [-0.2, 0) is 4.74 Å². The van der Waals surface area contributed by atoms with Crippen molar-refractivity contribution in [3.8, 4) is 0 Å². The molecular formula is C15H19NO4. The Morgan fingerprint density at radius 2 is 2.10 bits per heavy atom. The number of carbonyl (C=O) groups excluding carboxylic acids is 1. The molecule has 1 aromatic heterocycles. The minimum Gasteiger partial charge on any atom is -0.459 e. The van der Waals surface area contributed by atoms with Gasteiger partial charge in [-0.2, -0.15) is 0 Å². The standard InChI is InChI=1S/C15H19NO4/c1-15(2,3)20-14(18)16-11(9-17)13-8-10-6-4-5-7-12(10)19-13/h4-8,11,17H,9H2,1-3H3,(H,16,18). The third-order valence-corrected chi connectivity index (χ3v) is 2.66. The molecule has 0 fully saturated rings. The van der Waals surface area contributed by atoms with Gasteiger partial charge in [0.15, 0.2) is 0 Å². The lowest BCUT2D eigenvalue weighted by Crippen LogP contribution is -2.36. The predicted molar refractivity (Wildman–Crippen MR) is 75.4 cm³/mol. The summed E-state index contributed by atoms with van der Waals surface area (Å²) >= 11 is 0. The number of hydrogen-bond acceptors (Lipinski definition) is 4. The van der Waals surface area contributed by atoms with Gasteiger partial charge in [-0.15, -0.1) is 0 Å². The Morgan fingerprint density at radius 1 is 1.40 bits per heavy atom. The summed E-state index contributed by atoms with van der Waals surface area (Å²) in [6, 6.07) is 8.68. The number of hydrogen-bond donors (Lipinski definition) is 2. The van der Waals surface area contributed by atoms with Gasteiger partial charge in [-0.05, 0) is 32.9 Å². The fourth-order valence-electron chi connectivity index (χ4n) is 1.83. The van der Waals surface area contributed by atoms with E-state index in [9.17, 15) is 9.90 Å². The van der Waals surface area contributed by atoms with Gasteiger partial charge < -0.3 is 19.6 Å². The Morgan fingerprint density at radius 3 is 2.70 bits per heavy atom. The average Bonchev–Trinajstić information content (AvgIpc) is 2.77.